The first-order valence-corrected chi connectivity index (χ1v) is 5.83. The van der Waals surface area contributed by atoms with E-state index in [1.807, 2.05) is 31.2 Å². The molecule has 0 saturated heterocycles. The Balaban J connectivity index is 2.78. The van der Waals surface area contributed by atoms with Crippen LogP contribution >= 0.6 is 0 Å². The highest BCUT2D eigenvalue weighted by molar-refractivity contribution is 5.30. The fraction of sp³-hybridized carbons (Fsp3) is 0.571. The predicted octanol–water partition coefficient (Wildman–Crippen LogP) is 3.52. The summed E-state index contributed by atoms with van der Waals surface area (Å²) >= 11 is 0. The Morgan fingerprint density at radius 1 is 1.19 bits per heavy atom. The predicted molar refractivity (Wildman–Crippen MR) is 68.6 cm³/mol. The summed E-state index contributed by atoms with van der Waals surface area (Å²) in [5.74, 6) is 0.900. The van der Waals surface area contributed by atoms with E-state index >= 15 is 0 Å². The van der Waals surface area contributed by atoms with E-state index in [1.165, 1.54) is 0 Å². The van der Waals surface area contributed by atoms with Gasteiger partial charge in [-0.25, -0.2) is 0 Å². The van der Waals surface area contributed by atoms with E-state index in [9.17, 15) is 0 Å². The number of hydrogen-bond donors (Lipinski definition) is 1. The minimum atomic E-state index is 0.0495. The quantitative estimate of drug-likeness (QED) is 0.847. The van der Waals surface area contributed by atoms with Crippen molar-refractivity contribution in [2.24, 2.45) is 11.1 Å². The molecular formula is C14H23NO. The van der Waals surface area contributed by atoms with Gasteiger partial charge in [0.05, 0.1) is 0 Å². The summed E-state index contributed by atoms with van der Waals surface area (Å²) in [6.07, 6.45) is 0.177. The zero-order valence-corrected chi connectivity index (χ0v) is 10.9. The minimum Gasteiger partial charge on any atom is -0.490 e. The van der Waals surface area contributed by atoms with E-state index in [-0.39, 0.29) is 17.6 Å². The lowest BCUT2D eigenvalue weighted by molar-refractivity contribution is 0.103. The van der Waals surface area contributed by atoms with Crippen molar-refractivity contribution >= 4 is 0 Å². The second-order valence-electron chi connectivity index (χ2n) is 5.49. The maximum atomic E-state index is 5.91. The van der Waals surface area contributed by atoms with Crippen LogP contribution in [0.5, 0.6) is 5.75 Å². The number of nitrogens with two attached hydrogens (primary N) is 1. The fourth-order valence-corrected chi connectivity index (χ4v) is 1.25. The summed E-state index contributed by atoms with van der Waals surface area (Å²) in [7, 11) is 0. The first-order chi connectivity index (χ1) is 7.30. The first kappa shape index (κ1) is 13.0. The molecule has 16 heavy (non-hydrogen) atoms. The Morgan fingerprint density at radius 2 is 1.81 bits per heavy atom. The summed E-state index contributed by atoms with van der Waals surface area (Å²) in [5.41, 5.74) is 7.10. The SMILES string of the molecule is CC(N)c1cccc(OC(C)C(C)(C)C)c1. The number of benzene rings is 1. The molecule has 1 aromatic rings. The Bertz CT molecular complexity index is 339. The van der Waals surface area contributed by atoms with E-state index < -0.39 is 0 Å². The number of hydrogen-bond acceptors (Lipinski definition) is 2. The van der Waals surface area contributed by atoms with Crippen LogP contribution in [-0.2, 0) is 0 Å². The minimum absolute atomic E-state index is 0.0495. The van der Waals surface area contributed by atoms with Crippen LogP contribution in [0.1, 0.15) is 46.2 Å². The molecule has 2 nitrogen and oxygen atoms in total. The number of ether oxygens (including phenoxy) is 1. The van der Waals surface area contributed by atoms with Crippen molar-refractivity contribution in [3.05, 3.63) is 29.8 Å². The third-order valence-electron chi connectivity index (χ3n) is 2.92. The molecule has 2 unspecified atom stereocenters. The molecule has 0 aliphatic heterocycles. The van der Waals surface area contributed by atoms with Crippen LogP contribution in [0.25, 0.3) is 0 Å². The second kappa shape index (κ2) is 4.88. The van der Waals surface area contributed by atoms with Gasteiger partial charge in [0, 0.05) is 6.04 Å². The van der Waals surface area contributed by atoms with Crippen molar-refractivity contribution < 1.29 is 4.74 Å². The maximum Gasteiger partial charge on any atom is 0.120 e. The Morgan fingerprint density at radius 3 is 2.31 bits per heavy atom. The van der Waals surface area contributed by atoms with Crippen molar-refractivity contribution in [1.29, 1.82) is 0 Å². The molecule has 0 bridgehead atoms. The summed E-state index contributed by atoms with van der Waals surface area (Å²) in [5, 5.41) is 0. The smallest absolute Gasteiger partial charge is 0.120 e. The summed E-state index contributed by atoms with van der Waals surface area (Å²) in [6, 6.07) is 8.07. The summed E-state index contributed by atoms with van der Waals surface area (Å²) in [4.78, 5) is 0. The highest BCUT2D eigenvalue weighted by Crippen LogP contribution is 2.25. The van der Waals surface area contributed by atoms with Gasteiger partial charge in [-0.3, -0.25) is 0 Å². The molecule has 0 aromatic heterocycles. The normalized spacial score (nSPS) is 15.6. The molecule has 2 heteroatoms. The summed E-state index contributed by atoms with van der Waals surface area (Å²) < 4.78 is 5.91. The van der Waals surface area contributed by atoms with Crippen molar-refractivity contribution in [2.75, 3.05) is 0 Å². The molecule has 2 atom stereocenters. The molecule has 2 N–H and O–H groups in total. The van der Waals surface area contributed by atoms with E-state index in [0.717, 1.165) is 11.3 Å². The lowest BCUT2D eigenvalue weighted by atomic mass is 9.90. The molecule has 0 amide bonds. The zero-order valence-electron chi connectivity index (χ0n) is 10.9. The van der Waals surface area contributed by atoms with Crippen molar-refractivity contribution in [1.82, 2.24) is 0 Å². The van der Waals surface area contributed by atoms with Crippen LogP contribution in [0.4, 0.5) is 0 Å². The molecule has 0 aliphatic carbocycles. The highest BCUT2D eigenvalue weighted by atomic mass is 16.5. The maximum absolute atomic E-state index is 5.91. The van der Waals surface area contributed by atoms with Crippen LogP contribution in [0.15, 0.2) is 24.3 Å². The van der Waals surface area contributed by atoms with Gasteiger partial charge in [-0.05, 0) is 37.0 Å². The van der Waals surface area contributed by atoms with Crippen molar-refractivity contribution in [3.8, 4) is 5.75 Å². The lowest BCUT2D eigenvalue weighted by Gasteiger charge is -2.28. The van der Waals surface area contributed by atoms with Gasteiger partial charge in [0.1, 0.15) is 11.9 Å². The molecular weight excluding hydrogens is 198 g/mol. The van der Waals surface area contributed by atoms with E-state index in [0.29, 0.717) is 0 Å². The Hall–Kier alpha value is -1.02. The van der Waals surface area contributed by atoms with Crippen LogP contribution in [-0.4, -0.2) is 6.10 Å². The molecule has 0 radical (unpaired) electrons. The van der Waals surface area contributed by atoms with Crippen molar-refractivity contribution in [3.63, 3.8) is 0 Å². The average Bonchev–Trinajstić information content (AvgIpc) is 2.16. The molecule has 1 aromatic carbocycles. The van der Waals surface area contributed by atoms with Crippen LogP contribution < -0.4 is 10.5 Å². The van der Waals surface area contributed by atoms with Gasteiger partial charge < -0.3 is 10.5 Å². The highest BCUT2D eigenvalue weighted by Gasteiger charge is 2.21. The van der Waals surface area contributed by atoms with E-state index in [4.69, 9.17) is 10.5 Å². The first-order valence-electron chi connectivity index (χ1n) is 5.83. The van der Waals surface area contributed by atoms with Gasteiger partial charge >= 0.3 is 0 Å². The van der Waals surface area contributed by atoms with E-state index in [1.54, 1.807) is 0 Å². The monoisotopic (exact) mass is 221 g/mol. The van der Waals surface area contributed by atoms with Gasteiger partial charge in [0.2, 0.25) is 0 Å². The topological polar surface area (TPSA) is 35.2 Å². The standard InChI is InChI=1S/C14H23NO/c1-10(15)12-7-6-8-13(9-12)16-11(2)14(3,4)5/h6-11H,15H2,1-5H3. The zero-order chi connectivity index (χ0) is 12.3. The molecule has 0 heterocycles. The average molecular weight is 221 g/mol. The third kappa shape index (κ3) is 3.53. The molecule has 0 aliphatic rings. The lowest BCUT2D eigenvalue weighted by Crippen LogP contribution is -2.28. The third-order valence-corrected chi connectivity index (χ3v) is 2.92. The molecule has 0 fully saturated rings. The Labute approximate surface area is 98.8 Å². The molecule has 90 valence electrons. The van der Waals surface area contributed by atoms with Crippen molar-refractivity contribution in [2.45, 2.75) is 46.8 Å². The molecule has 1 rings (SSSR count). The number of rotatable bonds is 3. The molecule has 0 spiro atoms. The van der Waals surface area contributed by atoms with Gasteiger partial charge in [-0.15, -0.1) is 0 Å². The van der Waals surface area contributed by atoms with Crippen LogP contribution in [0, 0.1) is 5.41 Å². The van der Waals surface area contributed by atoms with Crippen LogP contribution in [0.2, 0.25) is 0 Å². The second-order valence-corrected chi connectivity index (χ2v) is 5.49. The van der Waals surface area contributed by atoms with Gasteiger partial charge in [-0.2, -0.15) is 0 Å². The van der Waals surface area contributed by atoms with Gasteiger partial charge in [-0.1, -0.05) is 32.9 Å². The fourth-order valence-electron chi connectivity index (χ4n) is 1.25. The largest absolute Gasteiger partial charge is 0.490 e. The van der Waals surface area contributed by atoms with Crippen LogP contribution in [0.3, 0.4) is 0 Å². The van der Waals surface area contributed by atoms with E-state index in [2.05, 4.69) is 27.7 Å². The van der Waals surface area contributed by atoms with Gasteiger partial charge in [0.15, 0.2) is 0 Å². The molecule has 0 saturated carbocycles. The Kier molecular flexibility index (Phi) is 3.98. The summed E-state index contributed by atoms with van der Waals surface area (Å²) in [6.45, 7) is 10.6. The van der Waals surface area contributed by atoms with Gasteiger partial charge in [0.25, 0.3) is 0 Å².